The second-order valence-electron chi connectivity index (χ2n) is 4.98. The molecule has 1 aromatic rings. The van der Waals surface area contributed by atoms with Gasteiger partial charge in [-0.25, -0.2) is 0 Å². The fourth-order valence-corrected chi connectivity index (χ4v) is 2.50. The Kier molecular flexibility index (Phi) is 5.10. The molecule has 1 saturated heterocycles. The molecule has 1 aliphatic heterocycles. The molecule has 0 saturated carbocycles. The van der Waals surface area contributed by atoms with E-state index in [0.717, 1.165) is 25.9 Å². The van der Waals surface area contributed by atoms with Crippen LogP contribution in [0.15, 0.2) is 24.3 Å². The summed E-state index contributed by atoms with van der Waals surface area (Å²) in [6.45, 7) is 1.50. The van der Waals surface area contributed by atoms with E-state index in [-0.39, 0.29) is 24.2 Å². The van der Waals surface area contributed by atoms with Crippen molar-refractivity contribution in [1.82, 2.24) is 10.2 Å². The standard InChI is InChI=1S/C14H19N3O4/c1-15-9-12-3-2-8-16(12)14(18)10-21-13-6-4-11(5-7-13)17(19)20/h4-7,12,15H,2-3,8-10H2,1H3. The maximum absolute atomic E-state index is 12.1. The molecule has 0 radical (unpaired) electrons. The number of non-ortho nitro benzene ring substituents is 1. The van der Waals surface area contributed by atoms with E-state index in [1.54, 1.807) is 0 Å². The average Bonchev–Trinajstić information content (AvgIpc) is 2.94. The first-order valence-corrected chi connectivity index (χ1v) is 6.93. The van der Waals surface area contributed by atoms with E-state index in [1.807, 2.05) is 11.9 Å². The van der Waals surface area contributed by atoms with Gasteiger partial charge in [-0.3, -0.25) is 14.9 Å². The van der Waals surface area contributed by atoms with Gasteiger partial charge in [0, 0.05) is 31.3 Å². The Labute approximate surface area is 123 Å². The molecule has 0 aliphatic carbocycles. The van der Waals surface area contributed by atoms with Crippen LogP contribution in [0.3, 0.4) is 0 Å². The van der Waals surface area contributed by atoms with Crippen molar-refractivity contribution in [2.45, 2.75) is 18.9 Å². The number of benzene rings is 1. The minimum atomic E-state index is -0.471. The van der Waals surface area contributed by atoms with E-state index in [2.05, 4.69) is 5.32 Å². The lowest BCUT2D eigenvalue weighted by molar-refractivity contribution is -0.384. The predicted molar refractivity (Wildman–Crippen MR) is 77.3 cm³/mol. The van der Waals surface area contributed by atoms with E-state index in [1.165, 1.54) is 24.3 Å². The number of nitro benzene ring substituents is 1. The Hall–Kier alpha value is -2.15. The smallest absolute Gasteiger partial charge is 0.269 e. The van der Waals surface area contributed by atoms with Gasteiger partial charge in [-0.1, -0.05) is 0 Å². The third-order valence-corrected chi connectivity index (χ3v) is 3.55. The van der Waals surface area contributed by atoms with Crippen LogP contribution in [-0.4, -0.2) is 48.5 Å². The first-order valence-electron chi connectivity index (χ1n) is 6.93. The van der Waals surface area contributed by atoms with Crippen LogP contribution < -0.4 is 10.1 Å². The predicted octanol–water partition coefficient (Wildman–Crippen LogP) is 1.18. The van der Waals surface area contributed by atoms with Gasteiger partial charge in [0.05, 0.1) is 4.92 Å². The number of hydrogen-bond donors (Lipinski definition) is 1. The number of rotatable bonds is 6. The molecule has 0 aromatic heterocycles. The van der Waals surface area contributed by atoms with E-state index in [0.29, 0.717) is 5.75 Å². The van der Waals surface area contributed by atoms with E-state index in [4.69, 9.17) is 4.74 Å². The average molecular weight is 293 g/mol. The summed E-state index contributed by atoms with van der Waals surface area (Å²) in [4.78, 5) is 24.1. The molecule has 1 heterocycles. The summed E-state index contributed by atoms with van der Waals surface area (Å²) in [6.07, 6.45) is 2.01. The minimum absolute atomic E-state index is 0.00213. The molecule has 0 bridgehead atoms. The monoisotopic (exact) mass is 293 g/mol. The number of carbonyl (C=O) groups is 1. The summed E-state index contributed by atoms with van der Waals surface area (Å²) in [5.41, 5.74) is 0.00213. The Morgan fingerprint density at radius 1 is 1.48 bits per heavy atom. The molecule has 7 heteroatoms. The first-order chi connectivity index (χ1) is 10.1. The van der Waals surface area contributed by atoms with Gasteiger partial charge < -0.3 is 15.0 Å². The van der Waals surface area contributed by atoms with Gasteiger partial charge in [0.15, 0.2) is 6.61 Å². The summed E-state index contributed by atoms with van der Waals surface area (Å²) in [5, 5.41) is 13.6. The topological polar surface area (TPSA) is 84.7 Å². The minimum Gasteiger partial charge on any atom is -0.484 e. The van der Waals surface area contributed by atoms with Crippen LogP contribution >= 0.6 is 0 Å². The summed E-state index contributed by atoms with van der Waals surface area (Å²) < 4.78 is 5.41. The van der Waals surface area contributed by atoms with E-state index >= 15 is 0 Å². The van der Waals surface area contributed by atoms with Crippen molar-refractivity contribution in [2.24, 2.45) is 0 Å². The SMILES string of the molecule is CNCC1CCCN1C(=O)COc1ccc([N+](=O)[O-])cc1. The van der Waals surface area contributed by atoms with Crippen LogP contribution in [0.2, 0.25) is 0 Å². The van der Waals surface area contributed by atoms with Crippen LogP contribution in [0.1, 0.15) is 12.8 Å². The second-order valence-corrected chi connectivity index (χ2v) is 4.98. The maximum Gasteiger partial charge on any atom is 0.269 e. The van der Waals surface area contributed by atoms with Crippen molar-refractivity contribution in [3.05, 3.63) is 34.4 Å². The van der Waals surface area contributed by atoms with Crippen LogP contribution in [0.4, 0.5) is 5.69 Å². The van der Waals surface area contributed by atoms with Crippen LogP contribution in [0.5, 0.6) is 5.75 Å². The van der Waals surface area contributed by atoms with Gasteiger partial charge in [-0.15, -0.1) is 0 Å². The molecule has 1 aliphatic rings. The molecule has 1 unspecified atom stereocenters. The second kappa shape index (κ2) is 7.03. The molecule has 7 nitrogen and oxygen atoms in total. The largest absolute Gasteiger partial charge is 0.484 e. The lowest BCUT2D eigenvalue weighted by atomic mass is 10.2. The Bertz CT molecular complexity index is 503. The molecule has 1 fully saturated rings. The fraction of sp³-hybridized carbons (Fsp3) is 0.500. The number of nitro groups is 1. The zero-order valence-corrected chi connectivity index (χ0v) is 11.9. The van der Waals surface area contributed by atoms with Crippen molar-refractivity contribution in [3.63, 3.8) is 0 Å². The molecule has 0 spiro atoms. The Morgan fingerprint density at radius 3 is 2.81 bits per heavy atom. The number of ether oxygens (including phenoxy) is 1. The number of nitrogens with one attached hydrogen (secondary N) is 1. The van der Waals surface area contributed by atoms with Gasteiger partial charge in [0.1, 0.15) is 5.75 Å². The summed E-state index contributed by atoms with van der Waals surface area (Å²) in [6, 6.07) is 5.95. The lowest BCUT2D eigenvalue weighted by Crippen LogP contribution is -2.43. The lowest BCUT2D eigenvalue weighted by Gasteiger charge is -2.24. The normalized spacial score (nSPS) is 17.8. The fourth-order valence-electron chi connectivity index (χ4n) is 2.50. The highest BCUT2D eigenvalue weighted by Crippen LogP contribution is 2.19. The zero-order valence-electron chi connectivity index (χ0n) is 11.9. The molecule has 1 aromatic carbocycles. The number of hydrogen-bond acceptors (Lipinski definition) is 5. The summed E-state index contributed by atoms with van der Waals surface area (Å²) in [7, 11) is 1.87. The zero-order chi connectivity index (χ0) is 15.2. The van der Waals surface area contributed by atoms with Crippen molar-refractivity contribution >= 4 is 11.6 Å². The van der Waals surface area contributed by atoms with Crippen LogP contribution in [0.25, 0.3) is 0 Å². The van der Waals surface area contributed by atoms with Crippen LogP contribution in [-0.2, 0) is 4.79 Å². The van der Waals surface area contributed by atoms with Gasteiger partial charge in [-0.05, 0) is 32.0 Å². The molecule has 1 amide bonds. The van der Waals surface area contributed by atoms with Gasteiger partial charge in [-0.2, -0.15) is 0 Å². The summed E-state index contributed by atoms with van der Waals surface area (Å²) >= 11 is 0. The molecule has 21 heavy (non-hydrogen) atoms. The molecule has 1 atom stereocenters. The molecular weight excluding hydrogens is 274 g/mol. The Morgan fingerprint density at radius 2 is 2.19 bits per heavy atom. The number of amides is 1. The number of likely N-dealkylation sites (N-methyl/N-ethyl adjacent to an activating group) is 1. The van der Waals surface area contributed by atoms with Crippen molar-refractivity contribution in [1.29, 1.82) is 0 Å². The van der Waals surface area contributed by atoms with Crippen molar-refractivity contribution < 1.29 is 14.5 Å². The Balaban J connectivity index is 1.87. The molecule has 2 rings (SSSR count). The number of nitrogens with zero attached hydrogens (tertiary/aromatic N) is 2. The van der Waals surface area contributed by atoms with Gasteiger partial charge in [0.25, 0.3) is 11.6 Å². The third-order valence-electron chi connectivity index (χ3n) is 3.55. The van der Waals surface area contributed by atoms with Gasteiger partial charge in [0.2, 0.25) is 0 Å². The molecule has 114 valence electrons. The third kappa shape index (κ3) is 3.91. The molecular formula is C14H19N3O4. The van der Waals surface area contributed by atoms with E-state index < -0.39 is 4.92 Å². The highest BCUT2D eigenvalue weighted by molar-refractivity contribution is 5.78. The summed E-state index contributed by atoms with van der Waals surface area (Å²) in [5.74, 6) is 0.407. The molecule has 1 N–H and O–H groups in total. The van der Waals surface area contributed by atoms with Crippen molar-refractivity contribution in [2.75, 3.05) is 26.7 Å². The maximum atomic E-state index is 12.1. The van der Waals surface area contributed by atoms with Crippen LogP contribution in [0, 0.1) is 10.1 Å². The quantitative estimate of drug-likeness (QED) is 0.629. The highest BCUT2D eigenvalue weighted by atomic mass is 16.6. The highest BCUT2D eigenvalue weighted by Gasteiger charge is 2.28. The van der Waals surface area contributed by atoms with E-state index in [9.17, 15) is 14.9 Å². The van der Waals surface area contributed by atoms with Gasteiger partial charge >= 0.3 is 0 Å². The number of likely N-dealkylation sites (tertiary alicyclic amines) is 1. The number of carbonyl (C=O) groups excluding carboxylic acids is 1. The first kappa shape index (κ1) is 15.2. The van der Waals surface area contributed by atoms with Crippen molar-refractivity contribution in [3.8, 4) is 5.75 Å².